The van der Waals surface area contributed by atoms with Gasteiger partial charge in [0.05, 0.1) is 0 Å². The summed E-state index contributed by atoms with van der Waals surface area (Å²) in [4.78, 5) is 16.9. The number of nitrogens with two attached hydrogens (primary N) is 1. The smallest absolute Gasteiger partial charge is 0.239 e. The van der Waals surface area contributed by atoms with Crippen LogP contribution in [0.15, 0.2) is 0 Å². The van der Waals surface area contributed by atoms with Crippen LogP contribution in [0.5, 0.6) is 0 Å². The molecule has 1 heterocycles. The van der Waals surface area contributed by atoms with Gasteiger partial charge < -0.3 is 11.1 Å². The van der Waals surface area contributed by atoms with Crippen LogP contribution in [0.3, 0.4) is 0 Å². The van der Waals surface area contributed by atoms with Crippen LogP contribution < -0.4 is 11.1 Å². The van der Waals surface area contributed by atoms with E-state index in [0.717, 1.165) is 51.6 Å². The molecular formula is C14H26N4O. The SMILES string of the molecule is CNC(CN1CCN(C2CC2)CC1)(C(N)=O)C1CC1. The average Bonchev–Trinajstić information content (AvgIpc) is 3.29. The second-order valence-electron chi connectivity index (χ2n) is 6.40. The highest BCUT2D eigenvalue weighted by atomic mass is 16.1. The highest BCUT2D eigenvalue weighted by Crippen LogP contribution is 2.40. The number of likely N-dealkylation sites (N-methyl/N-ethyl adjacent to an activating group) is 1. The van der Waals surface area contributed by atoms with Crippen molar-refractivity contribution < 1.29 is 4.79 Å². The van der Waals surface area contributed by atoms with Gasteiger partial charge in [0.2, 0.25) is 5.91 Å². The second-order valence-corrected chi connectivity index (χ2v) is 6.40. The first-order valence-corrected chi connectivity index (χ1v) is 7.61. The molecular weight excluding hydrogens is 240 g/mol. The van der Waals surface area contributed by atoms with E-state index in [0.29, 0.717) is 5.92 Å². The van der Waals surface area contributed by atoms with Crippen LogP contribution in [0, 0.1) is 5.92 Å². The van der Waals surface area contributed by atoms with Crippen molar-refractivity contribution >= 4 is 5.91 Å². The molecule has 5 nitrogen and oxygen atoms in total. The molecule has 19 heavy (non-hydrogen) atoms. The predicted octanol–water partition coefficient (Wildman–Crippen LogP) is -0.380. The van der Waals surface area contributed by atoms with E-state index in [9.17, 15) is 4.79 Å². The van der Waals surface area contributed by atoms with Gasteiger partial charge in [-0.2, -0.15) is 0 Å². The Hall–Kier alpha value is -0.650. The molecule has 3 N–H and O–H groups in total. The summed E-state index contributed by atoms with van der Waals surface area (Å²) in [5.41, 5.74) is 5.19. The van der Waals surface area contributed by atoms with Crippen molar-refractivity contribution in [1.82, 2.24) is 15.1 Å². The van der Waals surface area contributed by atoms with Gasteiger partial charge in [-0.05, 0) is 38.6 Å². The van der Waals surface area contributed by atoms with Crippen LogP contribution in [0.25, 0.3) is 0 Å². The van der Waals surface area contributed by atoms with E-state index >= 15 is 0 Å². The van der Waals surface area contributed by atoms with Gasteiger partial charge in [0, 0.05) is 38.8 Å². The summed E-state index contributed by atoms with van der Waals surface area (Å²) in [7, 11) is 1.88. The topological polar surface area (TPSA) is 61.6 Å². The van der Waals surface area contributed by atoms with Crippen molar-refractivity contribution in [2.45, 2.75) is 37.3 Å². The van der Waals surface area contributed by atoms with E-state index in [4.69, 9.17) is 5.73 Å². The maximum Gasteiger partial charge on any atom is 0.239 e. The Morgan fingerprint density at radius 1 is 1.21 bits per heavy atom. The Kier molecular flexibility index (Phi) is 3.53. The molecule has 0 aromatic carbocycles. The first kappa shape index (κ1) is 13.3. The molecule has 2 saturated carbocycles. The summed E-state index contributed by atoms with van der Waals surface area (Å²) in [6, 6.07) is 0.857. The number of piperazine rings is 1. The number of hydrogen-bond donors (Lipinski definition) is 2. The van der Waals surface area contributed by atoms with Gasteiger partial charge >= 0.3 is 0 Å². The molecule has 1 amide bonds. The van der Waals surface area contributed by atoms with Gasteiger partial charge in [-0.1, -0.05) is 0 Å². The lowest BCUT2D eigenvalue weighted by Gasteiger charge is -2.40. The minimum absolute atomic E-state index is 0.179. The van der Waals surface area contributed by atoms with E-state index < -0.39 is 5.54 Å². The quantitative estimate of drug-likeness (QED) is 0.688. The van der Waals surface area contributed by atoms with Crippen LogP contribution in [-0.2, 0) is 4.79 Å². The number of carbonyl (C=O) groups is 1. The maximum absolute atomic E-state index is 11.9. The monoisotopic (exact) mass is 266 g/mol. The van der Waals surface area contributed by atoms with Crippen LogP contribution in [0.2, 0.25) is 0 Å². The highest BCUT2D eigenvalue weighted by Gasteiger charge is 2.50. The van der Waals surface area contributed by atoms with Crippen LogP contribution in [-0.4, -0.2) is 67.1 Å². The summed E-state index contributed by atoms with van der Waals surface area (Å²) >= 11 is 0. The molecule has 0 aromatic rings. The third-order valence-corrected chi connectivity index (χ3v) is 5.10. The molecule has 0 spiro atoms. The summed E-state index contributed by atoms with van der Waals surface area (Å²) < 4.78 is 0. The molecule has 3 fully saturated rings. The normalized spacial score (nSPS) is 29.1. The fourth-order valence-electron chi connectivity index (χ4n) is 3.47. The lowest BCUT2D eigenvalue weighted by Crippen LogP contribution is -2.64. The molecule has 0 aromatic heterocycles. The number of rotatable bonds is 6. The number of amides is 1. The van der Waals surface area contributed by atoms with E-state index in [-0.39, 0.29) is 5.91 Å². The van der Waals surface area contributed by atoms with E-state index in [1.807, 2.05) is 7.05 Å². The minimum Gasteiger partial charge on any atom is -0.368 e. The molecule has 1 unspecified atom stereocenters. The summed E-state index contributed by atoms with van der Waals surface area (Å²) in [5, 5.41) is 3.24. The third-order valence-electron chi connectivity index (χ3n) is 5.10. The molecule has 2 aliphatic carbocycles. The molecule has 1 aliphatic heterocycles. The number of primary amides is 1. The van der Waals surface area contributed by atoms with E-state index in [1.54, 1.807) is 0 Å². The van der Waals surface area contributed by atoms with Crippen LogP contribution in [0.4, 0.5) is 0 Å². The number of hydrogen-bond acceptors (Lipinski definition) is 4. The Morgan fingerprint density at radius 2 is 1.84 bits per heavy atom. The lowest BCUT2D eigenvalue weighted by molar-refractivity contribution is -0.126. The molecule has 5 heteroatoms. The minimum atomic E-state index is -0.498. The van der Waals surface area contributed by atoms with Crippen molar-refractivity contribution in [2.75, 3.05) is 39.8 Å². The molecule has 1 saturated heterocycles. The highest BCUT2D eigenvalue weighted by molar-refractivity contribution is 5.86. The van der Waals surface area contributed by atoms with Gasteiger partial charge in [0.25, 0.3) is 0 Å². The van der Waals surface area contributed by atoms with Crippen LogP contribution >= 0.6 is 0 Å². The van der Waals surface area contributed by atoms with Crippen molar-refractivity contribution in [3.8, 4) is 0 Å². The lowest BCUT2D eigenvalue weighted by atomic mass is 9.91. The largest absolute Gasteiger partial charge is 0.368 e. The zero-order valence-corrected chi connectivity index (χ0v) is 11.9. The predicted molar refractivity (Wildman–Crippen MR) is 74.7 cm³/mol. The van der Waals surface area contributed by atoms with Gasteiger partial charge in [-0.25, -0.2) is 0 Å². The third kappa shape index (κ3) is 2.64. The first-order valence-electron chi connectivity index (χ1n) is 7.61. The van der Waals surface area contributed by atoms with E-state index in [1.165, 1.54) is 12.8 Å². The molecule has 0 radical (unpaired) electrons. The fraction of sp³-hybridized carbons (Fsp3) is 0.929. The Balaban J connectivity index is 1.58. The molecule has 1 atom stereocenters. The fourth-order valence-corrected chi connectivity index (χ4v) is 3.47. The Labute approximate surface area is 115 Å². The van der Waals surface area contributed by atoms with Gasteiger partial charge in [-0.3, -0.25) is 14.6 Å². The van der Waals surface area contributed by atoms with Crippen molar-refractivity contribution in [3.05, 3.63) is 0 Å². The molecule has 0 bridgehead atoms. The van der Waals surface area contributed by atoms with Gasteiger partial charge in [0.1, 0.15) is 5.54 Å². The van der Waals surface area contributed by atoms with Crippen molar-refractivity contribution in [2.24, 2.45) is 11.7 Å². The zero-order valence-electron chi connectivity index (χ0n) is 11.9. The molecule has 108 valence electrons. The van der Waals surface area contributed by atoms with E-state index in [2.05, 4.69) is 15.1 Å². The summed E-state index contributed by atoms with van der Waals surface area (Å²) in [6.07, 6.45) is 5.02. The standard InChI is InChI=1S/C14H26N4O/c1-16-14(13(15)19,11-2-3-11)10-17-6-8-18(9-7-17)12-4-5-12/h11-12,16H,2-10H2,1H3,(H2,15,19). The Bertz CT molecular complexity index is 345. The summed E-state index contributed by atoms with van der Waals surface area (Å²) in [5.74, 6) is 0.263. The summed E-state index contributed by atoms with van der Waals surface area (Å²) in [6.45, 7) is 5.21. The number of carbonyl (C=O) groups excluding carboxylic acids is 1. The van der Waals surface area contributed by atoms with Crippen molar-refractivity contribution in [3.63, 3.8) is 0 Å². The zero-order chi connectivity index (χ0) is 13.5. The van der Waals surface area contributed by atoms with Gasteiger partial charge in [-0.15, -0.1) is 0 Å². The number of nitrogens with zero attached hydrogens (tertiary/aromatic N) is 2. The molecule has 3 aliphatic rings. The van der Waals surface area contributed by atoms with Crippen molar-refractivity contribution in [1.29, 1.82) is 0 Å². The van der Waals surface area contributed by atoms with Gasteiger partial charge in [0.15, 0.2) is 0 Å². The van der Waals surface area contributed by atoms with Crippen LogP contribution in [0.1, 0.15) is 25.7 Å². The first-order chi connectivity index (χ1) is 9.15. The maximum atomic E-state index is 11.9. The molecule has 3 rings (SSSR count). The average molecular weight is 266 g/mol. The number of nitrogens with one attached hydrogen (secondary N) is 1. The Morgan fingerprint density at radius 3 is 2.26 bits per heavy atom. The second kappa shape index (κ2) is 5.04.